The average Bonchev–Trinajstić information content (AvgIpc) is 2.71. The second-order valence-corrected chi connectivity index (χ2v) is 6.01. The van der Waals surface area contributed by atoms with E-state index in [1.54, 1.807) is 6.92 Å². The Kier molecular flexibility index (Phi) is 4.81. The van der Waals surface area contributed by atoms with Crippen LogP contribution < -0.4 is 10.6 Å². The molecule has 1 aromatic carbocycles. The Balaban J connectivity index is 2.10. The summed E-state index contributed by atoms with van der Waals surface area (Å²) in [6.45, 7) is 5.94. The summed E-state index contributed by atoms with van der Waals surface area (Å²) in [6, 6.07) is 6.96. The molecule has 0 fully saturated rings. The highest BCUT2D eigenvalue weighted by atomic mass is 16.2. The van der Waals surface area contributed by atoms with Gasteiger partial charge in [0.15, 0.2) is 0 Å². The predicted molar refractivity (Wildman–Crippen MR) is 84.0 cm³/mol. The molecular weight excluding hydrogens is 248 g/mol. The van der Waals surface area contributed by atoms with Crippen LogP contribution in [0.5, 0.6) is 0 Å². The van der Waals surface area contributed by atoms with E-state index in [0.29, 0.717) is 0 Å². The van der Waals surface area contributed by atoms with Gasteiger partial charge in [-0.25, -0.2) is 0 Å². The Hall–Kier alpha value is -1.35. The summed E-state index contributed by atoms with van der Waals surface area (Å²) in [5.41, 5.74) is 9.84. The molecule has 1 heterocycles. The molecule has 20 heavy (non-hydrogen) atoms. The first kappa shape index (κ1) is 15.0. The quantitative estimate of drug-likeness (QED) is 0.897. The van der Waals surface area contributed by atoms with Crippen molar-refractivity contribution in [2.24, 2.45) is 5.73 Å². The molecule has 0 aliphatic carbocycles. The smallest absolute Gasteiger partial charge is 0.224 e. The lowest BCUT2D eigenvalue weighted by atomic mass is 9.99. The largest absolute Gasteiger partial charge is 0.327 e. The number of unbranched alkanes of at least 4 members (excludes halogenated alkanes) is 1. The number of fused-ring (bicyclic) bond motifs is 1. The maximum absolute atomic E-state index is 11.7. The molecule has 0 spiro atoms. The summed E-state index contributed by atoms with van der Waals surface area (Å²) >= 11 is 0. The first-order valence-electron chi connectivity index (χ1n) is 7.70. The lowest BCUT2D eigenvalue weighted by Crippen LogP contribution is -2.33. The molecule has 0 saturated carbocycles. The molecule has 3 heteroatoms. The molecule has 110 valence electrons. The molecule has 0 saturated heterocycles. The van der Waals surface area contributed by atoms with Gasteiger partial charge in [0.25, 0.3) is 0 Å². The third-order valence-electron chi connectivity index (χ3n) is 4.13. The standard InChI is InChI=1S/C17H26N2O/c1-4-5-6-16(18)11-14-7-8-17-15(10-14)9-12(2)19(17)13(3)20/h7-8,10,12,16H,4-6,9,11,18H2,1-3H3. The molecule has 2 rings (SSSR count). The number of benzene rings is 1. The normalized spacial score (nSPS) is 19.0. The number of nitrogens with zero attached hydrogens (tertiary/aromatic N) is 1. The summed E-state index contributed by atoms with van der Waals surface area (Å²) in [5, 5.41) is 0. The van der Waals surface area contributed by atoms with E-state index < -0.39 is 0 Å². The van der Waals surface area contributed by atoms with Gasteiger partial charge in [0.05, 0.1) is 0 Å². The van der Waals surface area contributed by atoms with Crippen LogP contribution in [0.25, 0.3) is 0 Å². The fourth-order valence-electron chi connectivity index (χ4n) is 3.16. The Morgan fingerprint density at radius 3 is 2.90 bits per heavy atom. The second-order valence-electron chi connectivity index (χ2n) is 6.01. The first-order valence-corrected chi connectivity index (χ1v) is 7.70. The van der Waals surface area contributed by atoms with Crippen molar-refractivity contribution in [2.45, 2.75) is 65.0 Å². The highest BCUT2D eigenvalue weighted by Gasteiger charge is 2.28. The van der Waals surface area contributed by atoms with E-state index in [9.17, 15) is 4.79 Å². The first-order chi connectivity index (χ1) is 9.52. The number of hydrogen-bond donors (Lipinski definition) is 1. The summed E-state index contributed by atoms with van der Waals surface area (Å²) < 4.78 is 0. The topological polar surface area (TPSA) is 46.3 Å². The van der Waals surface area contributed by atoms with Gasteiger partial charge in [-0.2, -0.15) is 0 Å². The van der Waals surface area contributed by atoms with Crippen LogP contribution in [0.4, 0.5) is 5.69 Å². The zero-order valence-electron chi connectivity index (χ0n) is 12.9. The molecule has 3 nitrogen and oxygen atoms in total. The van der Waals surface area contributed by atoms with Crippen molar-refractivity contribution in [3.05, 3.63) is 29.3 Å². The second kappa shape index (κ2) is 6.40. The number of nitrogens with two attached hydrogens (primary N) is 1. The Labute approximate surface area is 122 Å². The van der Waals surface area contributed by atoms with Crippen LogP contribution >= 0.6 is 0 Å². The number of anilines is 1. The van der Waals surface area contributed by atoms with Gasteiger partial charge in [-0.3, -0.25) is 4.79 Å². The number of hydrogen-bond acceptors (Lipinski definition) is 2. The monoisotopic (exact) mass is 274 g/mol. The van der Waals surface area contributed by atoms with Gasteiger partial charge in [-0.1, -0.05) is 31.9 Å². The van der Waals surface area contributed by atoms with Crippen LogP contribution in [0.2, 0.25) is 0 Å². The molecule has 1 aliphatic rings. The van der Waals surface area contributed by atoms with Gasteiger partial charge in [0, 0.05) is 24.7 Å². The third kappa shape index (κ3) is 3.21. The molecule has 1 aromatic rings. The van der Waals surface area contributed by atoms with Crippen molar-refractivity contribution in [1.82, 2.24) is 0 Å². The lowest BCUT2D eigenvalue weighted by Gasteiger charge is -2.20. The van der Waals surface area contributed by atoms with Crippen LogP contribution in [-0.2, 0) is 17.6 Å². The predicted octanol–water partition coefficient (Wildman–Crippen LogP) is 3.04. The third-order valence-corrected chi connectivity index (χ3v) is 4.13. The summed E-state index contributed by atoms with van der Waals surface area (Å²) in [7, 11) is 0. The van der Waals surface area contributed by atoms with Gasteiger partial charge >= 0.3 is 0 Å². The molecule has 0 radical (unpaired) electrons. The fourth-order valence-corrected chi connectivity index (χ4v) is 3.16. The molecule has 1 amide bonds. The summed E-state index contributed by atoms with van der Waals surface area (Å²) in [5.74, 6) is 0.128. The number of carbonyl (C=O) groups excluding carboxylic acids is 1. The van der Waals surface area contributed by atoms with Crippen molar-refractivity contribution in [1.29, 1.82) is 0 Å². The van der Waals surface area contributed by atoms with E-state index in [4.69, 9.17) is 5.73 Å². The van der Waals surface area contributed by atoms with Gasteiger partial charge < -0.3 is 10.6 Å². The molecule has 2 N–H and O–H groups in total. The zero-order valence-corrected chi connectivity index (χ0v) is 12.9. The summed E-state index contributed by atoms with van der Waals surface area (Å²) in [6.07, 6.45) is 5.36. The SMILES string of the molecule is CCCCC(N)Cc1ccc2c(c1)CC(C)N2C(C)=O. The minimum absolute atomic E-state index is 0.128. The van der Waals surface area contributed by atoms with Crippen molar-refractivity contribution in [3.8, 4) is 0 Å². The minimum atomic E-state index is 0.128. The molecule has 0 bridgehead atoms. The van der Waals surface area contributed by atoms with Crippen molar-refractivity contribution in [2.75, 3.05) is 4.90 Å². The Morgan fingerprint density at radius 2 is 2.25 bits per heavy atom. The molecule has 0 aromatic heterocycles. The van der Waals surface area contributed by atoms with E-state index in [-0.39, 0.29) is 18.0 Å². The van der Waals surface area contributed by atoms with E-state index in [1.807, 2.05) is 4.90 Å². The van der Waals surface area contributed by atoms with Crippen LogP contribution in [0.1, 0.15) is 51.2 Å². The Bertz CT molecular complexity index is 484. The van der Waals surface area contributed by atoms with Crippen LogP contribution in [-0.4, -0.2) is 18.0 Å². The lowest BCUT2D eigenvalue weighted by molar-refractivity contribution is -0.116. The maximum Gasteiger partial charge on any atom is 0.224 e. The molecule has 1 aliphatic heterocycles. The Morgan fingerprint density at radius 1 is 1.50 bits per heavy atom. The highest BCUT2D eigenvalue weighted by molar-refractivity contribution is 5.94. The average molecular weight is 274 g/mol. The number of amides is 1. The zero-order chi connectivity index (χ0) is 14.7. The minimum Gasteiger partial charge on any atom is -0.327 e. The van der Waals surface area contributed by atoms with Gasteiger partial charge in [0.1, 0.15) is 0 Å². The maximum atomic E-state index is 11.7. The van der Waals surface area contributed by atoms with Gasteiger partial charge in [-0.05, 0) is 43.4 Å². The molecule has 2 atom stereocenters. The van der Waals surface area contributed by atoms with Crippen molar-refractivity contribution in [3.63, 3.8) is 0 Å². The van der Waals surface area contributed by atoms with E-state index >= 15 is 0 Å². The number of rotatable bonds is 5. The van der Waals surface area contributed by atoms with Gasteiger partial charge in [-0.15, -0.1) is 0 Å². The van der Waals surface area contributed by atoms with Crippen LogP contribution in [0.15, 0.2) is 18.2 Å². The van der Waals surface area contributed by atoms with Crippen molar-refractivity contribution >= 4 is 11.6 Å². The number of carbonyl (C=O) groups is 1. The van der Waals surface area contributed by atoms with Crippen molar-refractivity contribution < 1.29 is 4.79 Å². The van der Waals surface area contributed by atoms with E-state index in [0.717, 1.165) is 24.9 Å². The van der Waals surface area contributed by atoms with E-state index in [2.05, 4.69) is 32.0 Å². The van der Waals surface area contributed by atoms with Crippen LogP contribution in [0.3, 0.4) is 0 Å². The molecule has 2 unspecified atom stereocenters. The van der Waals surface area contributed by atoms with Crippen LogP contribution in [0, 0.1) is 0 Å². The summed E-state index contributed by atoms with van der Waals surface area (Å²) in [4.78, 5) is 13.6. The molecular formula is C17H26N2O. The van der Waals surface area contributed by atoms with E-state index in [1.165, 1.54) is 24.0 Å². The fraction of sp³-hybridized carbons (Fsp3) is 0.588. The highest BCUT2D eigenvalue weighted by Crippen LogP contribution is 2.33. The van der Waals surface area contributed by atoms with Gasteiger partial charge in [0.2, 0.25) is 5.91 Å².